The molecular weight excluding hydrogens is 282 g/mol. The summed E-state index contributed by atoms with van der Waals surface area (Å²) in [6, 6.07) is 8.73. The Labute approximate surface area is 120 Å². The molecule has 6 heteroatoms. The van der Waals surface area contributed by atoms with E-state index in [1.165, 1.54) is 6.92 Å². The molecule has 0 aliphatic rings. The van der Waals surface area contributed by atoms with Gasteiger partial charge in [-0.2, -0.15) is 0 Å². The molecule has 0 saturated heterocycles. The second kappa shape index (κ2) is 6.34. The number of fused-ring (bicyclic) bond motifs is 1. The Morgan fingerprint density at radius 2 is 2.00 bits per heavy atom. The predicted octanol–water partition coefficient (Wildman–Crippen LogP) is 2.40. The molecule has 0 spiro atoms. The summed E-state index contributed by atoms with van der Waals surface area (Å²) in [5, 5.41) is 1.41. The number of carbonyl (C=O) groups excluding carboxylic acids is 2. The zero-order valence-electron chi connectivity index (χ0n) is 10.8. The van der Waals surface area contributed by atoms with Gasteiger partial charge in [0.2, 0.25) is 5.88 Å². The molecule has 0 amide bonds. The summed E-state index contributed by atoms with van der Waals surface area (Å²) in [5.74, 6) is -0.551. The monoisotopic (exact) mass is 293 g/mol. The number of halogens is 1. The normalized spacial score (nSPS) is 10.3. The Kier molecular flexibility index (Phi) is 4.53. The van der Waals surface area contributed by atoms with Crippen LogP contribution in [0.3, 0.4) is 0 Å². The van der Waals surface area contributed by atoms with Gasteiger partial charge in [0.05, 0.1) is 5.52 Å². The zero-order chi connectivity index (χ0) is 14.5. The summed E-state index contributed by atoms with van der Waals surface area (Å²) in [5.41, 5.74) is 0.673. The molecule has 0 unspecified atom stereocenters. The molecule has 0 aliphatic heterocycles. The van der Waals surface area contributed by atoms with Crippen LogP contribution < -0.4 is 4.74 Å². The number of Topliss-reactive ketones (excluding diaryl/α,β-unsaturated/α-hetero) is 1. The van der Waals surface area contributed by atoms with E-state index in [1.807, 2.05) is 0 Å². The third-order valence-corrected chi connectivity index (χ3v) is 2.76. The van der Waals surface area contributed by atoms with Crippen molar-refractivity contribution in [3.8, 4) is 5.88 Å². The first kappa shape index (κ1) is 14.3. The number of benzene rings is 1. The SMILES string of the molecule is CC(=O)COC(=O)COc1ccc2c(Cl)cccc2n1. The van der Waals surface area contributed by atoms with E-state index in [0.29, 0.717) is 16.4 Å². The van der Waals surface area contributed by atoms with E-state index in [2.05, 4.69) is 9.72 Å². The number of hydrogen-bond acceptors (Lipinski definition) is 5. The molecule has 2 rings (SSSR count). The van der Waals surface area contributed by atoms with E-state index in [4.69, 9.17) is 16.3 Å². The third kappa shape index (κ3) is 3.68. The summed E-state index contributed by atoms with van der Waals surface area (Å²) >= 11 is 6.02. The van der Waals surface area contributed by atoms with E-state index in [1.54, 1.807) is 30.3 Å². The minimum atomic E-state index is -0.617. The molecular formula is C14H12ClNO4. The van der Waals surface area contributed by atoms with Crippen LogP contribution in [0, 0.1) is 0 Å². The number of nitrogens with zero attached hydrogens (tertiary/aromatic N) is 1. The zero-order valence-corrected chi connectivity index (χ0v) is 11.5. The molecule has 0 fully saturated rings. The number of esters is 1. The van der Waals surface area contributed by atoms with Crippen LogP contribution in [0.5, 0.6) is 5.88 Å². The van der Waals surface area contributed by atoms with Gasteiger partial charge < -0.3 is 9.47 Å². The van der Waals surface area contributed by atoms with Crippen molar-refractivity contribution in [1.82, 2.24) is 4.98 Å². The fraction of sp³-hybridized carbons (Fsp3) is 0.214. The fourth-order valence-corrected chi connectivity index (χ4v) is 1.77. The number of aromatic nitrogens is 1. The molecule has 1 heterocycles. The quantitative estimate of drug-likeness (QED) is 0.792. The summed E-state index contributed by atoms with van der Waals surface area (Å²) in [6.45, 7) is 0.790. The molecule has 0 radical (unpaired) electrons. The highest BCUT2D eigenvalue weighted by atomic mass is 35.5. The summed E-state index contributed by atoms with van der Waals surface area (Å²) in [7, 11) is 0. The number of rotatable bonds is 5. The van der Waals surface area contributed by atoms with Crippen LogP contribution in [0.1, 0.15) is 6.92 Å². The van der Waals surface area contributed by atoms with Crippen molar-refractivity contribution in [1.29, 1.82) is 0 Å². The van der Waals surface area contributed by atoms with E-state index in [9.17, 15) is 9.59 Å². The van der Waals surface area contributed by atoms with Crippen LogP contribution in [0.15, 0.2) is 30.3 Å². The lowest BCUT2D eigenvalue weighted by Gasteiger charge is -2.06. The largest absolute Gasteiger partial charge is 0.466 e. The summed E-state index contributed by atoms with van der Waals surface area (Å²) < 4.78 is 9.88. The van der Waals surface area contributed by atoms with Gasteiger partial charge in [0.25, 0.3) is 0 Å². The van der Waals surface area contributed by atoms with Gasteiger partial charge in [0.1, 0.15) is 6.61 Å². The van der Waals surface area contributed by atoms with Gasteiger partial charge in [-0.05, 0) is 25.1 Å². The van der Waals surface area contributed by atoms with Gasteiger partial charge in [-0.3, -0.25) is 4.79 Å². The lowest BCUT2D eigenvalue weighted by Crippen LogP contribution is -2.18. The van der Waals surface area contributed by atoms with Crippen molar-refractivity contribution in [3.05, 3.63) is 35.4 Å². The first-order valence-corrected chi connectivity index (χ1v) is 6.27. The fourth-order valence-electron chi connectivity index (χ4n) is 1.54. The summed E-state index contributed by atoms with van der Waals surface area (Å²) in [6.07, 6.45) is 0. The molecule has 1 aromatic heterocycles. The Bertz CT molecular complexity index is 657. The van der Waals surface area contributed by atoms with Crippen LogP contribution in [0.2, 0.25) is 5.02 Å². The second-order valence-electron chi connectivity index (χ2n) is 4.11. The van der Waals surface area contributed by atoms with Crippen molar-refractivity contribution in [2.24, 2.45) is 0 Å². The van der Waals surface area contributed by atoms with Gasteiger partial charge >= 0.3 is 5.97 Å². The number of ketones is 1. The number of carbonyl (C=O) groups is 2. The molecule has 0 saturated carbocycles. The van der Waals surface area contributed by atoms with E-state index in [0.717, 1.165) is 5.39 Å². The highest BCUT2D eigenvalue weighted by Crippen LogP contribution is 2.23. The smallest absolute Gasteiger partial charge is 0.344 e. The van der Waals surface area contributed by atoms with Crippen LogP contribution in [-0.2, 0) is 14.3 Å². The molecule has 2 aromatic rings. The number of hydrogen-bond donors (Lipinski definition) is 0. The maximum Gasteiger partial charge on any atom is 0.344 e. The van der Waals surface area contributed by atoms with Crippen LogP contribution in [0.4, 0.5) is 0 Å². The van der Waals surface area contributed by atoms with E-state index in [-0.39, 0.29) is 19.0 Å². The van der Waals surface area contributed by atoms with Crippen molar-refractivity contribution in [3.63, 3.8) is 0 Å². The van der Waals surface area contributed by atoms with Gasteiger partial charge in [-0.25, -0.2) is 9.78 Å². The number of pyridine rings is 1. The van der Waals surface area contributed by atoms with Crippen LogP contribution in [-0.4, -0.2) is 30.0 Å². The number of ether oxygens (including phenoxy) is 2. The second-order valence-corrected chi connectivity index (χ2v) is 4.51. The van der Waals surface area contributed by atoms with Crippen molar-refractivity contribution in [2.75, 3.05) is 13.2 Å². The van der Waals surface area contributed by atoms with Crippen molar-refractivity contribution < 1.29 is 19.1 Å². The third-order valence-electron chi connectivity index (χ3n) is 2.43. The Morgan fingerprint density at radius 1 is 1.20 bits per heavy atom. The highest BCUT2D eigenvalue weighted by Gasteiger charge is 2.07. The average Bonchev–Trinajstić information content (AvgIpc) is 2.43. The Balaban J connectivity index is 2.00. The molecule has 0 aliphatic carbocycles. The minimum Gasteiger partial charge on any atom is -0.466 e. The van der Waals surface area contributed by atoms with Crippen molar-refractivity contribution >= 4 is 34.3 Å². The van der Waals surface area contributed by atoms with Crippen molar-refractivity contribution in [2.45, 2.75) is 6.92 Å². The average molecular weight is 294 g/mol. The first-order valence-electron chi connectivity index (χ1n) is 5.89. The van der Waals surface area contributed by atoms with Gasteiger partial charge in [0.15, 0.2) is 12.4 Å². The van der Waals surface area contributed by atoms with E-state index >= 15 is 0 Å². The molecule has 0 N–H and O–H groups in total. The predicted molar refractivity (Wildman–Crippen MR) is 73.9 cm³/mol. The van der Waals surface area contributed by atoms with Gasteiger partial charge in [0, 0.05) is 16.5 Å². The highest BCUT2D eigenvalue weighted by molar-refractivity contribution is 6.35. The van der Waals surface area contributed by atoms with Gasteiger partial charge in [-0.15, -0.1) is 0 Å². The molecule has 1 aromatic carbocycles. The Morgan fingerprint density at radius 3 is 2.75 bits per heavy atom. The standard InChI is InChI=1S/C14H12ClNO4/c1-9(17)7-20-14(18)8-19-13-6-5-10-11(15)3-2-4-12(10)16-13/h2-6H,7-8H2,1H3. The first-order chi connectivity index (χ1) is 9.56. The maximum absolute atomic E-state index is 11.3. The van der Waals surface area contributed by atoms with Gasteiger partial charge in [-0.1, -0.05) is 17.7 Å². The lowest BCUT2D eigenvalue weighted by molar-refractivity contribution is -0.149. The molecule has 104 valence electrons. The topological polar surface area (TPSA) is 65.5 Å². The minimum absolute atomic E-state index is 0.225. The molecule has 5 nitrogen and oxygen atoms in total. The molecule has 20 heavy (non-hydrogen) atoms. The maximum atomic E-state index is 11.3. The van der Waals surface area contributed by atoms with Crippen LogP contribution >= 0.6 is 11.6 Å². The van der Waals surface area contributed by atoms with E-state index < -0.39 is 5.97 Å². The molecule has 0 bridgehead atoms. The van der Waals surface area contributed by atoms with Crippen LogP contribution in [0.25, 0.3) is 10.9 Å². The Hall–Kier alpha value is -2.14. The summed E-state index contributed by atoms with van der Waals surface area (Å²) in [4.78, 5) is 26.2. The lowest BCUT2D eigenvalue weighted by atomic mass is 10.2. The molecule has 0 atom stereocenters.